The number of hydrogen-bond donors (Lipinski definition) is 0. The summed E-state index contributed by atoms with van der Waals surface area (Å²) in [5.41, 5.74) is 1.86. The second-order valence-corrected chi connectivity index (χ2v) is 6.40. The van der Waals surface area contributed by atoms with Gasteiger partial charge in [-0.25, -0.2) is 9.80 Å². The maximum absolute atomic E-state index is 12.2. The van der Waals surface area contributed by atoms with Gasteiger partial charge in [0.2, 0.25) is 0 Å². The zero-order valence-corrected chi connectivity index (χ0v) is 14.9. The standard InChI is InChI=1S/C19H24N2O5/c1-14(25-12-16-8-5-11-24-16)19(23)26-13-18(22)21-10-9-17(20-21)15-6-3-2-4-7-15/h2-4,6-7,14,16H,5,8-13H2,1H3. The molecule has 0 spiro atoms. The fourth-order valence-electron chi connectivity index (χ4n) is 2.89. The third-order valence-corrected chi connectivity index (χ3v) is 4.42. The van der Waals surface area contributed by atoms with Gasteiger partial charge in [0, 0.05) is 13.0 Å². The van der Waals surface area contributed by atoms with Gasteiger partial charge in [-0.2, -0.15) is 5.10 Å². The van der Waals surface area contributed by atoms with Gasteiger partial charge in [0.25, 0.3) is 5.91 Å². The molecule has 26 heavy (non-hydrogen) atoms. The van der Waals surface area contributed by atoms with E-state index in [1.54, 1.807) is 6.92 Å². The number of hydrogen-bond acceptors (Lipinski definition) is 6. The first-order valence-corrected chi connectivity index (χ1v) is 8.96. The van der Waals surface area contributed by atoms with Crippen LogP contribution in [0.4, 0.5) is 0 Å². The molecule has 7 nitrogen and oxygen atoms in total. The maximum Gasteiger partial charge on any atom is 0.335 e. The summed E-state index contributed by atoms with van der Waals surface area (Å²) in [5.74, 6) is -0.890. The zero-order chi connectivity index (χ0) is 18.4. The van der Waals surface area contributed by atoms with Gasteiger partial charge in [-0.05, 0) is 25.3 Å². The smallest absolute Gasteiger partial charge is 0.335 e. The Bertz CT molecular complexity index is 655. The summed E-state index contributed by atoms with van der Waals surface area (Å²) in [6.07, 6.45) is 1.96. The molecule has 0 saturated carbocycles. The molecule has 140 valence electrons. The van der Waals surface area contributed by atoms with Crippen molar-refractivity contribution < 1.29 is 23.8 Å². The predicted octanol–water partition coefficient (Wildman–Crippen LogP) is 1.75. The van der Waals surface area contributed by atoms with Crippen molar-refractivity contribution in [2.24, 2.45) is 5.10 Å². The molecule has 2 heterocycles. The molecular weight excluding hydrogens is 336 g/mol. The Hall–Kier alpha value is -2.25. The number of amides is 1. The number of esters is 1. The van der Waals surface area contributed by atoms with Crippen molar-refractivity contribution in [3.05, 3.63) is 35.9 Å². The first-order valence-electron chi connectivity index (χ1n) is 8.96. The lowest BCUT2D eigenvalue weighted by atomic mass is 10.1. The minimum Gasteiger partial charge on any atom is -0.454 e. The Morgan fingerprint density at radius 2 is 2.15 bits per heavy atom. The van der Waals surface area contributed by atoms with Crippen LogP contribution in [0.25, 0.3) is 0 Å². The second kappa shape index (κ2) is 8.91. The van der Waals surface area contributed by atoms with E-state index in [1.165, 1.54) is 5.01 Å². The number of hydrazone groups is 1. The fraction of sp³-hybridized carbons (Fsp3) is 0.526. The van der Waals surface area contributed by atoms with E-state index in [4.69, 9.17) is 14.2 Å². The number of benzene rings is 1. The van der Waals surface area contributed by atoms with Gasteiger partial charge in [-0.1, -0.05) is 30.3 Å². The van der Waals surface area contributed by atoms with Gasteiger partial charge in [-0.15, -0.1) is 0 Å². The highest BCUT2D eigenvalue weighted by Crippen LogP contribution is 2.15. The molecule has 2 aliphatic heterocycles. The summed E-state index contributed by atoms with van der Waals surface area (Å²) < 4.78 is 16.0. The Labute approximate surface area is 152 Å². The molecule has 2 unspecified atom stereocenters. The Morgan fingerprint density at radius 1 is 1.35 bits per heavy atom. The van der Waals surface area contributed by atoms with E-state index in [1.807, 2.05) is 30.3 Å². The molecule has 0 bridgehead atoms. The molecule has 2 atom stereocenters. The van der Waals surface area contributed by atoms with E-state index in [9.17, 15) is 9.59 Å². The molecule has 1 aromatic rings. The third kappa shape index (κ3) is 4.89. The van der Waals surface area contributed by atoms with Crippen LogP contribution in [0.2, 0.25) is 0 Å². The van der Waals surface area contributed by atoms with Gasteiger partial charge < -0.3 is 14.2 Å². The van der Waals surface area contributed by atoms with Crippen molar-refractivity contribution in [3.8, 4) is 0 Å². The van der Waals surface area contributed by atoms with Crippen LogP contribution in [-0.2, 0) is 23.8 Å². The average molecular weight is 360 g/mol. The topological polar surface area (TPSA) is 77.4 Å². The summed E-state index contributed by atoms with van der Waals surface area (Å²) in [5, 5.41) is 5.69. The van der Waals surface area contributed by atoms with Gasteiger partial charge in [0.15, 0.2) is 12.7 Å². The molecule has 0 radical (unpaired) electrons. The summed E-state index contributed by atoms with van der Waals surface area (Å²) in [6, 6.07) is 9.72. The van der Waals surface area contributed by atoms with Gasteiger partial charge in [0.05, 0.1) is 25.0 Å². The summed E-state index contributed by atoms with van der Waals surface area (Å²) in [4.78, 5) is 24.2. The average Bonchev–Trinajstić information content (AvgIpc) is 3.36. The van der Waals surface area contributed by atoms with Crippen molar-refractivity contribution >= 4 is 17.6 Å². The van der Waals surface area contributed by atoms with Crippen molar-refractivity contribution in [1.29, 1.82) is 0 Å². The minimum absolute atomic E-state index is 0.0437. The molecule has 0 aliphatic carbocycles. The van der Waals surface area contributed by atoms with Crippen LogP contribution in [0.5, 0.6) is 0 Å². The van der Waals surface area contributed by atoms with E-state index in [0.717, 1.165) is 30.7 Å². The van der Waals surface area contributed by atoms with Crippen LogP contribution < -0.4 is 0 Å². The summed E-state index contributed by atoms with van der Waals surface area (Å²) in [7, 11) is 0. The van der Waals surface area contributed by atoms with Crippen molar-refractivity contribution in [2.75, 3.05) is 26.4 Å². The molecule has 1 saturated heterocycles. The quantitative estimate of drug-likeness (QED) is 0.693. The van der Waals surface area contributed by atoms with Crippen molar-refractivity contribution in [3.63, 3.8) is 0 Å². The van der Waals surface area contributed by atoms with Crippen LogP contribution in [-0.4, -0.2) is 61.2 Å². The van der Waals surface area contributed by atoms with Crippen LogP contribution in [0.3, 0.4) is 0 Å². The largest absolute Gasteiger partial charge is 0.454 e. The van der Waals surface area contributed by atoms with E-state index in [-0.39, 0.29) is 18.6 Å². The summed E-state index contributed by atoms with van der Waals surface area (Å²) in [6.45, 7) is 2.87. The fourth-order valence-corrected chi connectivity index (χ4v) is 2.89. The van der Waals surface area contributed by atoms with Gasteiger partial charge >= 0.3 is 5.97 Å². The molecule has 2 aliphatic rings. The van der Waals surface area contributed by atoms with Crippen molar-refractivity contribution in [1.82, 2.24) is 5.01 Å². The second-order valence-electron chi connectivity index (χ2n) is 6.40. The first-order chi connectivity index (χ1) is 12.6. The lowest BCUT2D eigenvalue weighted by Crippen LogP contribution is -2.32. The number of ether oxygens (including phenoxy) is 3. The lowest BCUT2D eigenvalue weighted by molar-refractivity contribution is -0.162. The number of nitrogens with zero attached hydrogens (tertiary/aromatic N) is 2. The van der Waals surface area contributed by atoms with Gasteiger partial charge in [-0.3, -0.25) is 4.79 Å². The normalized spacial score (nSPS) is 20.7. The molecule has 7 heteroatoms. The Kier molecular flexibility index (Phi) is 6.35. The predicted molar refractivity (Wildman–Crippen MR) is 94.7 cm³/mol. The Balaban J connectivity index is 1.42. The number of rotatable bonds is 7. The molecule has 3 rings (SSSR count). The maximum atomic E-state index is 12.2. The van der Waals surface area contributed by atoms with Crippen LogP contribution >= 0.6 is 0 Å². The number of carbonyl (C=O) groups excluding carboxylic acids is 2. The van der Waals surface area contributed by atoms with E-state index >= 15 is 0 Å². The number of carbonyl (C=O) groups is 2. The molecule has 1 aromatic carbocycles. The van der Waals surface area contributed by atoms with E-state index in [2.05, 4.69) is 5.10 Å². The highest BCUT2D eigenvalue weighted by molar-refractivity contribution is 6.02. The monoisotopic (exact) mass is 360 g/mol. The molecule has 1 amide bonds. The van der Waals surface area contributed by atoms with Crippen LogP contribution in [0.1, 0.15) is 31.7 Å². The molecule has 0 aromatic heterocycles. The minimum atomic E-state index is -0.728. The zero-order valence-electron chi connectivity index (χ0n) is 14.9. The Morgan fingerprint density at radius 3 is 2.88 bits per heavy atom. The SMILES string of the molecule is CC(OCC1CCCO1)C(=O)OCC(=O)N1CCC(c2ccccc2)=N1. The molecular formula is C19H24N2O5. The van der Waals surface area contributed by atoms with Gasteiger partial charge in [0.1, 0.15) is 0 Å². The lowest BCUT2D eigenvalue weighted by Gasteiger charge is -2.16. The molecule has 0 N–H and O–H groups in total. The van der Waals surface area contributed by atoms with Crippen molar-refractivity contribution in [2.45, 2.75) is 38.4 Å². The van der Waals surface area contributed by atoms with E-state index < -0.39 is 12.1 Å². The van der Waals surface area contributed by atoms with Crippen LogP contribution in [0.15, 0.2) is 35.4 Å². The first kappa shape index (κ1) is 18.5. The highest BCUT2D eigenvalue weighted by Gasteiger charge is 2.25. The third-order valence-electron chi connectivity index (χ3n) is 4.42. The van der Waals surface area contributed by atoms with E-state index in [0.29, 0.717) is 19.6 Å². The summed E-state index contributed by atoms with van der Waals surface area (Å²) >= 11 is 0. The van der Waals surface area contributed by atoms with Crippen LogP contribution in [0, 0.1) is 0 Å². The highest BCUT2D eigenvalue weighted by atomic mass is 16.6. The molecule has 1 fully saturated rings.